The number of carbonyl (C=O) groups is 1. The monoisotopic (exact) mass is 327 g/mol. The van der Waals surface area contributed by atoms with Crippen molar-refractivity contribution in [3.63, 3.8) is 0 Å². The largest absolute Gasteiger partial charge is 0.492 e. The van der Waals surface area contributed by atoms with E-state index in [4.69, 9.17) is 9.57 Å². The van der Waals surface area contributed by atoms with Gasteiger partial charge in [0.25, 0.3) is 0 Å². The third kappa shape index (κ3) is 3.12. The van der Waals surface area contributed by atoms with E-state index in [1.54, 1.807) is 0 Å². The third-order valence-electron chi connectivity index (χ3n) is 3.73. The highest BCUT2D eigenvalue weighted by Gasteiger charge is 2.24. The van der Waals surface area contributed by atoms with Crippen molar-refractivity contribution in [3.8, 4) is 11.8 Å². The molecule has 1 aromatic heterocycles. The molecule has 124 valence electrons. The summed E-state index contributed by atoms with van der Waals surface area (Å²) in [5.41, 5.74) is 0.871. The van der Waals surface area contributed by atoms with Gasteiger partial charge in [0.2, 0.25) is 17.9 Å². The molecule has 0 saturated carbocycles. The molecule has 0 fully saturated rings. The summed E-state index contributed by atoms with van der Waals surface area (Å²) < 4.78 is 5.55. The van der Waals surface area contributed by atoms with Gasteiger partial charge in [-0.15, -0.1) is 4.73 Å². The lowest BCUT2D eigenvalue weighted by Crippen LogP contribution is -2.35. The number of ether oxygens (including phenoxy) is 1. The number of esters is 1. The summed E-state index contributed by atoms with van der Waals surface area (Å²) in [6.45, 7) is 0. The number of carbonyl (C=O) groups excluding carboxylic acids is 1. The van der Waals surface area contributed by atoms with Crippen LogP contribution in [0.2, 0.25) is 0 Å². The third-order valence-corrected chi connectivity index (χ3v) is 3.73. The first kappa shape index (κ1) is 15.7. The molecule has 0 spiro atoms. The number of methoxy groups -OCH3 is 1. The van der Waals surface area contributed by atoms with Crippen LogP contribution in [-0.2, 0) is 16.0 Å². The van der Waals surface area contributed by atoms with Crippen LogP contribution in [0.1, 0.15) is 5.56 Å². The van der Waals surface area contributed by atoms with Crippen LogP contribution in [0.5, 0.6) is 11.8 Å². The van der Waals surface area contributed by atoms with Gasteiger partial charge in [0.05, 0.1) is 7.11 Å². The molecular weight excluding hydrogens is 310 g/mol. The molecule has 1 heterocycles. The molecule has 3 rings (SSSR count). The maximum absolute atomic E-state index is 12.0. The summed E-state index contributed by atoms with van der Waals surface area (Å²) in [5, 5.41) is 21.5. The lowest BCUT2D eigenvalue weighted by atomic mass is 10.0. The second-order valence-corrected chi connectivity index (χ2v) is 5.35. The molecule has 0 bridgehead atoms. The Bertz CT molecular complexity index is 851. The van der Waals surface area contributed by atoms with E-state index >= 15 is 0 Å². The first-order chi connectivity index (χ1) is 11.6. The van der Waals surface area contributed by atoms with Crippen molar-refractivity contribution in [1.29, 1.82) is 0 Å². The van der Waals surface area contributed by atoms with Crippen LogP contribution in [0.25, 0.3) is 10.8 Å². The Morgan fingerprint density at radius 2 is 1.71 bits per heavy atom. The Morgan fingerprint density at radius 3 is 2.38 bits per heavy atom. The van der Waals surface area contributed by atoms with Crippen LogP contribution in [0.3, 0.4) is 0 Å². The van der Waals surface area contributed by atoms with E-state index in [2.05, 4.69) is 0 Å². The fourth-order valence-corrected chi connectivity index (χ4v) is 2.51. The number of hydrogen-bond acceptors (Lipinski definition) is 5. The molecule has 1 atom stereocenters. The number of benzene rings is 2. The molecule has 2 aromatic carbocycles. The Morgan fingerprint density at radius 1 is 1.04 bits per heavy atom. The van der Waals surface area contributed by atoms with Gasteiger partial charge in [-0.25, -0.2) is 4.79 Å². The van der Waals surface area contributed by atoms with Gasteiger partial charge in [0.1, 0.15) is 0 Å². The second-order valence-electron chi connectivity index (χ2n) is 5.35. The Labute approximate surface area is 138 Å². The first-order valence-corrected chi connectivity index (χ1v) is 7.41. The quantitative estimate of drug-likeness (QED) is 0.703. The van der Waals surface area contributed by atoms with Gasteiger partial charge in [0, 0.05) is 18.6 Å². The minimum atomic E-state index is -1.01. The average Bonchev–Trinajstić information content (AvgIpc) is 2.92. The molecule has 0 aliphatic rings. The molecule has 0 aliphatic heterocycles. The lowest BCUT2D eigenvalue weighted by molar-refractivity contribution is -0.155. The predicted octanol–water partition coefficient (Wildman–Crippen LogP) is 2.27. The van der Waals surface area contributed by atoms with Crippen LogP contribution >= 0.6 is 0 Å². The van der Waals surface area contributed by atoms with Crippen LogP contribution in [0.15, 0.2) is 54.6 Å². The first-order valence-electron chi connectivity index (χ1n) is 7.41. The molecular formula is C18H17NO5. The van der Waals surface area contributed by atoms with Gasteiger partial charge < -0.3 is 19.8 Å². The van der Waals surface area contributed by atoms with Gasteiger partial charge in [0.15, 0.2) is 0 Å². The average molecular weight is 327 g/mol. The molecule has 6 heteroatoms. The van der Waals surface area contributed by atoms with Crippen LogP contribution in [-0.4, -0.2) is 34.1 Å². The van der Waals surface area contributed by atoms with Crippen LogP contribution in [0, 0.1) is 0 Å². The zero-order chi connectivity index (χ0) is 17.1. The fourth-order valence-electron chi connectivity index (χ4n) is 2.51. The van der Waals surface area contributed by atoms with Crippen molar-refractivity contribution in [1.82, 2.24) is 4.73 Å². The van der Waals surface area contributed by atoms with Crippen molar-refractivity contribution in [2.24, 2.45) is 0 Å². The van der Waals surface area contributed by atoms with E-state index in [-0.39, 0.29) is 18.2 Å². The number of hydrogen-bond donors (Lipinski definition) is 2. The lowest BCUT2D eigenvalue weighted by Gasteiger charge is -2.18. The highest BCUT2D eigenvalue weighted by atomic mass is 16.7. The van der Waals surface area contributed by atoms with Crippen molar-refractivity contribution < 1.29 is 24.6 Å². The highest BCUT2D eigenvalue weighted by molar-refractivity contribution is 5.83. The van der Waals surface area contributed by atoms with Crippen molar-refractivity contribution in [2.75, 3.05) is 7.11 Å². The van der Waals surface area contributed by atoms with Crippen LogP contribution < -0.4 is 4.84 Å². The summed E-state index contributed by atoms with van der Waals surface area (Å²) in [6, 6.07) is 16.2. The summed E-state index contributed by atoms with van der Waals surface area (Å²) in [6.07, 6.45) is -0.783. The van der Waals surface area contributed by atoms with Gasteiger partial charge >= 0.3 is 5.97 Å². The number of nitrogens with zero attached hydrogens (tertiary/aromatic N) is 1. The minimum absolute atomic E-state index is 0.231. The molecule has 24 heavy (non-hydrogen) atoms. The van der Waals surface area contributed by atoms with E-state index in [9.17, 15) is 15.0 Å². The summed E-state index contributed by atoms with van der Waals surface area (Å²) in [5.74, 6) is -1.21. The second kappa shape index (κ2) is 6.54. The Balaban J connectivity index is 1.87. The van der Waals surface area contributed by atoms with Gasteiger partial charge in [-0.05, 0) is 16.3 Å². The van der Waals surface area contributed by atoms with Crippen molar-refractivity contribution >= 4 is 16.7 Å². The van der Waals surface area contributed by atoms with Crippen molar-refractivity contribution in [3.05, 3.63) is 60.2 Å². The molecule has 3 aromatic rings. The van der Waals surface area contributed by atoms with Gasteiger partial charge in [-0.3, -0.25) is 0 Å². The predicted molar refractivity (Wildman–Crippen MR) is 87.8 cm³/mol. The number of fused-ring (bicyclic) bond motifs is 1. The molecule has 0 unspecified atom stereocenters. The Hall–Kier alpha value is -3.15. The molecule has 2 N–H and O–H groups in total. The zero-order valence-electron chi connectivity index (χ0n) is 13.0. The smallest absolute Gasteiger partial charge is 0.350 e. The number of rotatable bonds is 5. The van der Waals surface area contributed by atoms with E-state index in [0.717, 1.165) is 21.1 Å². The number of aromatic hydroxyl groups is 2. The summed E-state index contributed by atoms with van der Waals surface area (Å²) in [4.78, 5) is 17.4. The normalized spacial score (nSPS) is 12.0. The highest BCUT2D eigenvalue weighted by Crippen LogP contribution is 2.21. The summed E-state index contributed by atoms with van der Waals surface area (Å²) >= 11 is 0. The van der Waals surface area contributed by atoms with E-state index in [1.165, 1.54) is 19.2 Å². The van der Waals surface area contributed by atoms with Gasteiger partial charge in [-0.1, -0.05) is 42.5 Å². The fraction of sp³-hybridized carbons (Fsp3) is 0.167. The molecule has 6 nitrogen and oxygen atoms in total. The zero-order valence-corrected chi connectivity index (χ0v) is 13.0. The molecule has 0 radical (unpaired) electrons. The van der Waals surface area contributed by atoms with Crippen LogP contribution in [0.4, 0.5) is 0 Å². The summed E-state index contributed by atoms with van der Waals surface area (Å²) in [7, 11) is 1.26. The molecule has 0 aliphatic carbocycles. The van der Waals surface area contributed by atoms with Gasteiger partial charge in [-0.2, -0.15) is 0 Å². The Kier molecular flexibility index (Phi) is 4.29. The molecule has 0 amide bonds. The maximum Gasteiger partial charge on any atom is 0.350 e. The standard InChI is InChI=1S/C18H17NO5/c1-23-18(22)15(24-19-16(20)8-9-17(19)21)11-12-6-7-13-4-2-3-5-14(13)10-12/h2-10,15,20-21H,11H2,1H3/t15-/m0/s1. The minimum Gasteiger partial charge on any atom is -0.492 e. The van der Waals surface area contributed by atoms with Crippen molar-refractivity contribution in [2.45, 2.75) is 12.5 Å². The SMILES string of the molecule is COC(=O)[C@H](Cc1ccc2ccccc2c1)On1c(O)ccc1O. The van der Waals surface area contributed by atoms with E-state index < -0.39 is 12.1 Å². The van der Waals surface area contributed by atoms with E-state index in [1.807, 2.05) is 42.5 Å². The maximum atomic E-state index is 12.0. The topological polar surface area (TPSA) is 80.9 Å². The van der Waals surface area contributed by atoms with E-state index in [0.29, 0.717) is 0 Å². The molecule has 0 saturated heterocycles. The number of aromatic nitrogens is 1.